The van der Waals surface area contributed by atoms with Gasteiger partial charge >= 0.3 is 0 Å². The molecule has 0 unspecified atom stereocenters. The Morgan fingerprint density at radius 1 is 1.11 bits per heavy atom. The quantitative estimate of drug-likeness (QED) is 0.480. The molecule has 11 heteroatoms. The van der Waals surface area contributed by atoms with E-state index in [2.05, 4.69) is 15.5 Å². The normalized spacial score (nSPS) is 27.2. The minimum atomic E-state index is -3.06. The molecule has 2 saturated carbocycles. The molecular formula is C27H31F5N4O2. The lowest BCUT2D eigenvalue weighted by Crippen LogP contribution is -2.47. The average Bonchev–Trinajstić information content (AvgIpc) is 3.07. The number of pyridine rings is 1. The number of fused-ring (bicyclic) bond motifs is 2. The number of carbonyl (C=O) groups is 1. The molecule has 1 amide bonds. The van der Waals surface area contributed by atoms with Gasteiger partial charge in [-0.1, -0.05) is 18.2 Å². The Labute approximate surface area is 217 Å². The first-order chi connectivity index (χ1) is 18.0. The third-order valence-corrected chi connectivity index (χ3v) is 8.35. The monoisotopic (exact) mass is 538 g/mol. The van der Waals surface area contributed by atoms with Gasteiger partial charge in [-0.05, 0) is 45.1 Å². The van der Waals surface area contributed by atoms with Crippen LogP contribution < -0.4 is 16.2 Å². The molecule has 2 N–H and O–H groups in total. The van der Waals surface area contributed by atoms with Crippen molar-refractivity contribution in [1.82, 2.24) is 14.8 Å². The Hall–Kier alpha value is -2.95. The number of anilines is 1. The van der Waals surface area contributed by atoms with Gasteiger partial charge in [0.2, 0.25) is 0 Å². The van der Waals surface area contributed by atoms with Gasteiger partial charge in [-0.2, -0.15) is 0 Å². The zero-order valence-corrected chi connectivity index (χ0v) is 21.2. The summed E-state index contributed by atoms with van der Waals surface area (Å²) in [5.41, 5.74) is -1.34. The minimum absolute atomic E-state index is 0.00994. The Morgan fingerprint density at radius 3 is 2.34 bits per heavy atom. The highest BCUT2D eigenvalue weighted by Gasteiger charge is 2.50. The van der Waals surface area contributed by atoms with Crippen LogP contribution in [0.25, 0.3) is 0 Å². The molecule has 2 heterocycles. The van der Waals surface area contributed by atoms with Gasteiger partial charge in [0.05, 0.1) is 22.9 Å². The lowest BCUT2D eigenvalue weighted by atomic mass is 9.87. The van der Waals surface area contributed by atoms with Crippen molar-refractivity contribution in [3.63, 3.8) is 0 Å². The number of aromatic nitrogens is 1. The number of amides is 1. The fourth-order valence-electron chi connectivity index (χ4n) is 6.22. The molecular weight excluding hydrogens is 507 g/mol. The number of nitrogens with zero attached hydrogens (tertiary/aromatic N) is 2. The van der Waals surface area contributed by atoms with Gasteiger partial charge in [0.1, 0.15) is 11.9 Å². The number of benzene rings is 1. The molecule has 3 fully saturated rings. The third kappa shape index (κ3) is 4.81. The van der Waals surface area contributed by atoms with Crippen molar-refractivity contribution in [1.29, 1.82) is 0 Å². The SMILES string of the molecule is C[C@@H](NC(=O)c1cn([C@H]2CCC2(F)F)c(=O)cc1N[C@H]1[C@@H]2CC[C@H]1CN(C)C2)c1cccc(C(F)F)c1F. The number of hydrogen-bond acceptors (Lipinski definition) is 4. The van der Waals surface area contributed by atoms with Gasteiger partial charge < -0.3 is 20.1 Å². The van der Waals surface area contributed by atoms with E-state index in [0.717, 1.165) is 42.8 Å². The summed E-state index contributed by atoms with van der Waals surface area (Å²) < 4.78 is 70.4. The summed E-state index contributed by atoms with van der Waals surface area (Å²) in [5, 5.41) is 5.97. The lowest BCUT2D eigenvalue weighted by molar-refractivity contribution is -0.123. The van der Waals surface area contributed by atoms with Crippen LogP contribution in [-0.2, 0) is 0 Å². The third-order valence-electron chi connectivity index (χ3n) is 8.35. The molecule has 2 aromatic rings. The van der Waals surface area contributed by atoms with Crippen LogP contribution in [0.2, 0.25) is 0 Å². The number of hydrogen-bond donors (Lipinski definition) is 2. The summed E-state index contributed by atoms with van der Waals surface area (Å²) in [7, 11) is 2.05. The second-order valence-electron chi connectivity index (χ2n) is 10.9. The van der Waals surface area contributed by atoms with Crippen LogP contribution in [-0.4, -0.2) is 47.5 Å². The number of rotatable bonds is 7. The van der Waals surface area contributed by atoms with Gasteiger partial charge in [-0.15, -0.1) is 0 Å². The maximum atomic E-state index is 14.7. The molecule has 1 aliphatic heterocycles. The van der Waals surface area contributed by atoms with Crippen LogP contribution in [0.3, 0.4) is 0 Å². The molecule has 1 aromatic heterocycles. The van der Waals surface area contributed by atoms with E-state index >= 15 is 0 Å². The van der Waals surface area contributed by atoms with Crippen molar-refractivity contribution in [2.24, 2.45) is 11.8 Å². The van der Waals surface area contributed by atoms with E-state index < -0.39 is 47.3 Å². The Bertz CT molecular complexity index is 1270. The number of alkyl halides is 4. The molecule has 38 heavy (non-hydrogen) atoms. The van der Waals surface area contributed by atoms with E-state index in [1.165, 1.54) is 25.1 Å². The maximum absolute atomic E-state index is 14.7. The summed E-state index contributed by atoms with van der Waals surface area (Å²) in [4.78, 5) is 28.6. The molecule has 5 rings (SSSR count). The summed E-state index contributed by atoms with van der Waals surface area (Å²) in [6.07, 6.45) is -0.130. The van der Waals surface area contributed by atoms with E-state index in [-0.39, 0.29) is 35.7 Å². The first kappa shape index (κ1) is 26.6. The van der Waals surface area contributed by atoms with E-state index in [1.54, 1.807) is 0 Å². The zero-order chi connectivity index (χ0) is 27.4. The first-order valence-electron chi connectivity index (χ1n) is 12.9. The minimum Gasteiger partial charge on any atom is -0.381 e. The fraction of sp³-hybridized carbons (Fsp3) is 0.556. The summed E-state index contributed by atoms with van der Waals surface area (Å²) in [6.45, 7) is 3.17. The van der Waals surface area contributed by atoms with Crippen molar-refractivity contribution in [2.45, 2.75) is 63.1 Å². The van der Waals surface area contributed by atoms with Crippen LogP contribution in [0.4, 0.5) is 27.6 Å². The molecule has 1 saturated heterocycles. The van der Waals surface area contributed by atoms with E-state index in [4.69, 9.17) is 0 Å². The Morgan fingerprint density at radius 2 is 1.76 bits per heavy atom. The largest absolute Gasteiger partial charge is 0.381 e. The van der Waals surface area contributed by atoms with Gasteiger partial charge in [-0.25, -0.2) is 22.0 Å². The highest BCUT2D eigenvalue weighted by Crippen LogP contribution is 2.46. The summed E-state index contributed by atoms with van der Waals surface area (Å²) in [6, 6.07) is 2.40. The molecule has 5 atom stereocenters. The molecule has 3 aliphatic rings. The Kier molecular flexibility index (Phi) is 7.00. The van der Waals surface area contributed by atoms with Gasteiger partial charge in [0.25, 0.3) is 23.8 Å². The van der Waals surface area contributed by atoms with Gasteiger partial charge in [-0.3, -0.25) is 9.59 Å². The second kappa shape index (κ2) is 9.98. The Balaban J connectivity index is 1.47. The molecule has 1 aromatic carbocycles. The topological polar surface area (TPSA) is 66.4 Å². The lowest BCUT2D eigenvalue weighted by Gasteiger charge is -2.39. The average molecular weight is 539 g/mol. The maximum Gasteiger partial charge on any atom is 0.268 e. The van der Waals surface area contributed by atoms with Crippen molar-refractivity contribution in [3.05, 3.63) is 63.3 Å². The summed E-state index contributed by atoms with van der Waals surface area (Å²) >= 11 is 0. The smallest absolute Gasteiger partial charge is 0.268 e. The van der Waals surface area contributed by atoms with Crippen LogP contribution in [0, 0.1) is 17.7 Å². The van der Waals surface area contributed by atoms with Crippen molar-refractivity contribution in [2.75, 3.05) is 25.5 Å². The van der Waals surface area contributed by atoms with Crippen LogP contribution in [0.5, 0.6) is 0 Å². The predicted octanol–water partition coefficient (Wildman–Crippen LogP) is 5.14. The molecule has 0 spiro atoms. The molecule has 6 nitrogen and oxygen atoms in total. The number of piperidine rings is 1. The van der Waals surface area contributed by atoms with E-state index in [0.29, 0.717) is 11.8 Å². The van der Waals surface area contributed by atoms with Gasteiger partial charge in [0, 0.05) is 43.4 Å². The molecule has 0 radical (unpaired) electrons. The second-order valence-corrected chi connectivity index (χ2v) is 10.9. The van der Waals surface area contributed by atoms with E-state index in [9.17, 15) is 31.5 Å². The van der Waals surface area contributed by atoms with E-state index in [1.807, 2.05) is 7.05 Å². The van der Waals surface area contributed by atoms with Crippen LogP contribution in [0.1, 0.15) is 72.6 Å². The molecule has 2 bridgehead atoms. The first-order valence-corrected chi connectivity index (χ1v) is 12.9. The fourth-order valence-corrected chi connectivity index (χ4v) is 6.22. The highest BCUT2D eigenvalue weighted by molar-refractivity contribution is 5.99. The number of likely N-dealkylation sites (tertiary alicyclic amines) is 1. The van der Waals surface area contributed by atoms with Crippen molar-refractivity contribution >= 4 is 11.6 Å². The van der Waals surface area contributed by atoms with Gasteiger partial charge in [0.15, 0.2) is 0 Å². The van der Waals surface area contributed by atoms with Crippen LogP contribution in [0.15, 0.2) is 35.3 Å². The number of carbonyl (C=O) groups excluding carboxylic acids is 1. The molecule has 2 aliphatic carbocycles. The number of halogens is 5. The standard InChI is InChI=1S/C27H31F5N4O2/c1-14(17-4-3-5-18(23(17)28)25(29)30)33-26(38)19-13-36(21-8-9-27(21,31)32)22(37)10-20(19)34-24-15-6-7-16(24)12-35(2)11-15/h3-5,10,13-16,21,24-25,34H,6-9,11-12H2,1-2H3,(H,33,38)/t14-,15-,16+,21+,24+/m1/s1. The highest BCUT2D eigenvalue weighted by atomic mass is 19.3. The van der Waals surface area contributed by atoms with Crippen molar-refractivity contribution < 1.29 is 26.7 Å². The van der Waals surface area contributed by atoms with Crippen LogP contribution >= 0.6 is 0 Å². The predicted molar refractivity (Wildman–Crippen MR) is 132 cm³/mol. The molecule has 206 valence electrons. The zero-order valence-electron chi connectivity index (χ0n) is 21.2. The summed E-state index contributed by atoms with van der Waals surface area (Å²) in [5.74, 6) is -4.29. The van der Waals surface area contributed by atoms with Crippen molar-refractivity contribution in [3.8, 4) is 0 Å². The number of nitrogens with one attached hydrogen (secondary N) is 2.